The lowest BCUT2D eigenvalue weighted by Crippen LogP contribution is -2.40. The molecule has 16 heteroatoms. The van der Waals surface area contributed by atoms with Gasteiger partial charge < -0.3 is 5.11 Å². The molecule has 3 rings (SSSR count). The maximum atomic E-state index is 13.1. The molecule has 0 saturated carbocycles. The molecule has 0 amide bonds. The van der Waals surface area contributed by atoms with Gasteiger partial charge in [-0.05, 0) is 57.2 Å². The average Bonchev–Trinajstić information content (AvgIpc) is 2.76. The maximum absolute atomic E-state index is 13.1. The van der Waals surface area contributed by atoms with E-state index >= 15 is 0 Å². The SMILES string of the molecule is CN(C)S(=O)(=O)Nc1cccc2c(O)c(S(=O)(=O)NC(C)(C)C)cc(N=Nc3ccc(S(=O)(=O)O)cc3)c12. The van der Waals surface area contributed by atoms with Gasteiger partial charge in [0.15, 0.2) is 0 Å². The summed E-state index contributed by atoms with van der Waals surface area (Å²) in [7, 11) is -10.1. The molecule has 0 spiro atoms. The van der Waals surface area contributed by atoms with Crippen LogP contribution in [0.2, 0.25) is 0 Å². The fourth-order valence-electron chi connectivity index (χ4n) is 3.28. The fraction of sp³-hybridized carbons (Fsp3) is 0.273. The fourth-order valence-corrected chi connectivity index (χ4v) is 5.93. The standard InChI is InChI=1S/C22H27N5O8S3/c1-22(2,3)26-36(29,30)19-13-18(24-23-14-9-11-15(12-10-14)37(31,32)33)20-16(21(19)28)7-6-8-17(20)25-38(34,35)27(4)5/h6-13,25-26,28H,1-5H3,(H,31,32,33). The highest BCUT2D eigenvalue weighted by atomic mass is 32.2. The first-order valence-corrected chi connectivity index (χ1v) is 15.2. The van der Waals surface area contributed by atoms with Crippen LogP contribution in [0.3, 0.4) is 0 Å². The van der Waals surface area contributed by atoms with Crippen molar-refractivity contribution in [2.45, 2.75) is 36.1 Å². The van der Waals surface area contributed by atoms with E-state index in [-0.39, 0.29) is 32.7 Å². The van der Waals surface area contributed by atoms with Crippen molar-refractivity contribution in [1.82, 2.24) is 9.03 Å². The van der Waals surface area contributed by atoms with E-state index in [2.05, 4.69) is 19.7 Å². The Balaban J connectivity index is 2.29. The number of phenolic OH excluding ortho intramolecular Hbond substituents is 1. The maximum Gasteiger partial charge on any atom is 0.301 e. The normalized spacial score (nSPS) is 13.4. The molecule has 38 heavy (non-hydrogen) atoms. The van der Waals surface area contributed by atoms with Crippen LogP contribution in [0.1, 0.15) is 20.8 Å². The van der Waals surface area contributed by atoms with Gasteiger partial charge in [0.1, 0.15) is 10.6 Å². The smallest absolute Gasteiger partial charge is 0.301 e. The number of hydrogen-bond donors (Lipinski definition) is 4. The van der Waals surface area contributed by atoms with Crippen LogP contribution in [0.15, 0.2) is 68.6 Å². The molecule has 0 atom stereocenters. The molecule has 0 aliphatic rings. The lowest BCUT2D eigenvalue weighted by atomic mass is 10.1. The van der Waals surface area contributed by atoms with E-state index in [0.717, 1.165) is 22.5 Å². The summed E-state index contributed by atoms with van der Waals surface area (Å²) in [6.45, 7) is 4.86. The quantitative estimate of drug-likeness (QED) is 0.228. The number of phenols is 1. The Morgan fingerprint density at radius 3 is 2.03 bits per heavy atom. The number of anilines is 1. The van der Waals surface area contributed by atoms with Crippen LogP contribution >= 0.6 is 0 Å². The van der Waals surface area contributed by atoms with Crippen molar-refractivity contribution >= 4 is 58.2 Å². The van der Waals surface area contributed by atoms with E-state index in [0.29, 0.717) is 0 Å². The molecule has 0 radical (unpaired) electrons. The number of nitrogens with one attached hydrogen (secondary N) is 2. The van der Waals surface area contributed by atoms with E-state index in [4.69, 9.17) is 4.55 Å². The molecule has 0 bridgehead atoms. The predicted molar refractivity (Wildman–Crippen MR) is 142 cm³/mol. The number of benzene rings is 3. The number of rotatable bonds is 8. The van der Waals surface area contributed by atoms with Gasteiger partial charge in [-0.2, -0.15) is 26.3 Å². The van der Waals surface area contributed by atoms with Gasteiger partial charge in [-0.1, -0.05) is 12.1 Å². The summed E-state index contributed by atoms with van der Waals surface area (Å²) in [5, 5.41) is 19.1. The molecule has 0 saturated heterocycles. The molecule has 0 aliphatic heterocycles. The molecule has 4 N–H and O–H groups in total. The lowest BCUT2D eigenvalue weighted by Gasteiger charge is -2.22. The second-order valence-electron chi connectivity index (χ2n) is 9.38. The minimum atomic E-state index is -4.43. The van der Waals surface area contributed by atoms with Crippen molar-refractivity contribution in [3.63, 3.8) is 0 Å². The van der Waals surface area contributed by atoms with Crippen LogP contribution in [0.25, 0.3) is 10.8 Å². The van der Waals surface area contributed by atoms with Gasteiger partial charge in [-0.25, -0.2) is 13.1 Å². The molecule has 206 valence electrons. The zero-order valence-corrected chi connectivity index (χ0v) is 23.5. The van der Waals surface area contributed by atoms with Crippen LogP contribution in [0.5, 0.6) is 5.75 Å². The lowest BCUT2D eigenvalue weighted by molar-refractivity contribution is 0.457. The number of aromatic hydroxyl groups is 1. The molecule has 13 nitrogen and oxygen atoms in total. The Bertz CT molecular complexity index is 1730. The molecule has 0 aromatic heterocycles. The van der Waals surface area contributed by atoms with Gasteiger partial charge in [-0.15, -0.1) is 5.11 Å². The van der Waals surface area contributed by atoms with Gasteiger partial charge in [0.25, 0.3) is 10.1 Å². The van der Waals surface area contributed by atoms with Crippen molar-refractivity contribution in [1.29, 1.82) is 0 Å². The predicted octanol–water partition coefficient (Wildman–Crippen LogP) is 3.50. The Morgan fingerprint density at radius 1 is 0.895 bits per heavy atom. The van der Waals surface area contributed by atoms with Gasteiger partial charge in [0.2, 0.25) is 10.0 Å². The van der Waals surface area contributed by atoms with Crippen LogP contribution in [-0.2, 0) is 30.4 Å². The van der Waals surface area contributed by atoms with E-state index in [1.165, 1.54) is 44.4 Å². The minimum absolute atomic E-state index is 0.00472. The monoisotopic (exact) mass is 585 g/mol. The number of fused-ring (bicyclic) bond motifs is 1. The summed E-state index contributed by atoms with van der Waals surface area (Å²) in [6.07, 6.45) is 0. The van der Waals surface area contributed by atoms with E-state index in [1.807, 2.05) is 0 Å². The van der Waals surface area contributed by atoms with Crippen molar-refractivity contribution < 1.29 is 34.9 Å². The van der Waals surface area contributed by atoms with Crippen LogP contribution in [-0.4, -0.2) is 58.9 Å². The molecule has 3 aromatic carbocycles. The van der Waals surface area contributed by atoms with Gasteiger partial charge in [0.05, 0.1) is 22.0 Å². The number of hydrogen-bond acceptors (Lipinski definition) is 9. The van der Waals surface area contributed by atoms with Crippen molar-refractivity contribution in [2.24, 2.45) is 10.2 Å². The highest BCUT2D eigenvalue weighted by Gasteiger charge is 2.28. The first kappa shape index (κ1) is 29.4. The van der Waals surface area contributed by atoms with Crippen molar-refractivity contribution in [3.8, 4) is 5.75 Å². The minimum Gasteiger partial charge on any atom is -0.506 e. The van der Waals surface area contributed by atoms with Crippen LogP contribution in [0, 0.1) is 0 Å². The Kier molecular flexibility index (Phi) is 7.89. The van der Waals surface area contributed by atoms with Gasteiger partial charge in [-0.3, -0.25) is 9.27 Å². The molecule has 0 unspecified atom stereocenters. The summed E-state index contributed by atoms with van der Waals surface area (Å²) in [5.41, 5.74) is -0.861. The van der Waals surface area contributed by atoms with E-state index in [9.17, 15) is 30.4 Å². The molecule has 0 fully saturated rings. The zero-order valence-electron chi connectivity index (χ0n) is 21.0. The average molecular weight is 586 g/mol. The van der Waals surface area contributed by atoms with E-state index in [1.54, 1.807) is 20.8 Å². The van der Waals surface area contributed by atoms with Crippen molar-refractivity contribution in [3.05, 3.63) is 48.5 Å². The number of nitrogens with zero attached hydrogens (tertiary/aromatic N) is 3. The Labute approximate surface area is 221 Å². The summed E-state index contributed by atoms with van der Waals surface area (Å²) in [5.74, 6) is -0.626. The number of sulfonamides is 1. The Hall–Kier alpha value is -3.15. The third-order valence-corrected chi connectivity index (χ3v) is 9.01. The third kappa shape index (κ3) is 6.64. The second-order valence-corrected chi connectivity index (χ2v) is 14.3. The highest BCUT2D eigenvalue weighted by Crippen LogP contribution is 2.43. The summed E-state index contributed by atoms with van der Waals surface area (Å²) >= 11 is 0. The summed E-state index contributed by atoms with van der Waals surface area (Å²) < 4.78 is 88.8. The topological polar surface area (TPSA) is 195 Å². The molecule has 3 aromatic rings. The third-order valence-electron chi connectivity index (χ3n) is 4.93. The largest absolute Gasteiger partial charge is 0.506 e. The highest BCUT2D eigenvalue weighted by molar-refractivity contribution is 7.90. The Morgan fingerprint density at radius 2 is 1.50 bits per heavy atom. The van der Waals surface area contributed by atoms with Crippen LogP contribution < -0.4 is 9.44 Å². The molecule has 0 aliphatic carbocycles. The van der Waals surface area contributed by atoms with Crippen LogP contribution in [0.4, 0.5) is 17.1 Å². The summed E-state index contributed by atoms with van der Waals surface area (Å²) in [6, 6.07) is 9.98. The van der Waals surface area contributed by atoms with E-state index < -0.39 is 46.5 Å². The summed E-state index contributed by atoms with van der Waals surface area (Å²) in [4.78, 5) is -0.878. The number of azo groups is 1. The molecular formula is C22H27N5O8S3. The van der Waals surface area contributed by atoms with Gasteiger partial charge >= 0.3 is 10.2 Å². The first-order chi connectivity index (χ1) is 17.3. The second kappa shape index (κ2) is 10.2. The molecule has 0 heterocycles. The molecular weight excluding hydrogens is 558 g/mol. The zero-order chi connectivity index (χ0) is 28.7. The first-order valence-electron chi connectivity index (χ1n) is 10.8. The van der Waals surface area contributed by atoms with Gasteiger partial charge in [0, 0.05) is 30.4 Å². The van der Waals surface area contributed by atoms with Crippen molar-refractivity contribution in [2.75, 3.05) is 18.8 Å².